The Labute approximate surface area is 100 Å². The van der Waals surface area contributed by atoms with Crippen LogP contribution in [0.4, 0.5) is 0 Å². The van der Waals surface area contributed by atoms with Gasteiger partial charge in [0, 0.05) is 24.5 Å². The van der Waals surface area contributed by atoms with E-state index in [0.717, 1.165) is 24.9 Å². The van der Waals surface area contributed by atoms with Crippen molar-refractivity contribution in [3.8, 4) is 0 Å². The molecule has 88 valence electrons. The summed E-state index contributed by atoms with van der Waals surface area (Å²) in [6.45, 7) is 7.60. The number of ether oxygens (including phenoxy) is 1. The molecule has 1 fully saturated rings. The van der Waals surface area contributed by atoms with Gasteiger partial charge in [0.05, 0.1) is 12.0 Å². The van der Waals surface area contributed by atoms with Crippen molar-refractivity contribution in [3.63, 3.8) is 0 Å². The Kier molecular flexibility index (Phi) is 5.06. The first-order chi connectivity index (χ1) is 7.07. The van der Waals surface area contributed by atoms with Crippen LogP contribution in [0, 0.1) is 5.92 Å². The summed E-state index contributed by atoms with van der Waals surface area (Å²) in [5.41, 5.74) is 0. The van der Waals surface area contributed by atoms with Gasteiger partial charge in [0.1, 0.15) is 0 Å². The molecule has 1 heterocycles. The predicted octanol–water partition coefficient (Wildman–Crippen LogP) is 2.04. The Bertz CT molecular complexity index is 221. The number of carbonyl (C=O) groups is 1. The van der Waals surface area contributed by atoms with Crippen LogP contribution in [0.2, 0.25) is 0 Å². The second kappa shape index (κ2) is 5.85. The smallest absolute Gasteiger partial charge is 0.228 e. The Morgan fingerprint density at radius 2 is 2.27 bits per heavy atom. The molecule has 1 amide bonds. The fourth-order valence-electron chi connectivity index (χ4n) is 1.98. The molecule has 0 aliphatic carbocycles. The Hall–Kier alpha value is -0.0900. The molecule has 0 saturated carbocycles. The van der Waals surface area contributed by atoms with Gasteiger partial charge in [0.25, 0.3) is 0 Å². The summed E-state index contributed by atoms with van der Waals surface area (Å²) in [6.07, 6.45) is 0.944. The van der Waals surface area contributed by atoms with Crippen molar-refractivity contribution in [3.05, 3.63) is 0 Å². The molecule has 1 rings (SSSR count). The van der Waals surface area contributed by atoms with Gasteiger partial charge in [-0.2, -0.15) is 0 Å². The first-order valence-electron chi connectivity index (χ1n) is 5.56. The van der Waals surface area contributed by atoms with Crippen molar-refractivity contribution in [1.82, 2.24) is 4.90 Å². The van der Waals surface area contributed by atoms with Crippen LogP contribution in [0.5, 0.6) is 0 Å². The van der Waals surface area contributed by atoms with Gasteiger partial charge in [-0.15, -0.1) is 0 Å². The number of hydrogen-bond acceptors (Lipinski definition) is 2. The quantitative estimate of drug-likeness (QED) is 0.736. The van der Waals surface area contributed by atoms with Crippen LogP contribution in [-0.2, 0) is 9.53 Å². The van der Waals surface area contributed by atoms with E-state index in [1.807, 2.05) is 11.8 Å². The molecule has 0 radical (unpaired) electrons. The van der Waals surface area contributed by atoms with Crippen molar-refractivity contribution in [2.24, 2.45) is 5.92 Å². The lowest BCUT2D eigenvalue weighted by molar-refractivity contribution is -0.138. The summed E-state index contributed by atoms with van der Waals surface area (Å²) in [6, 6.07) is 0.267. The van der Waals surface area contributed by atoms with Gasteiger partial charge >= 0.3 is 0 Å². The van der Waals surface area contributed by atoms with E-state index in [1.54, 1.807) is 0 Å². The molecule has 1 saturated heterocycles. The molecule has 0 aromatic rings. The van der Waals surface area contributed by atoms with Crippen molar-refractivity contribution in [2.75, 3.05) is 18.5 Å². The molecule has 2 atom stereocenters. The normalized spacial score (nSPS) is 25.9. The highest BCUT2D eigenvalue weighted by molar-refractivity contribution is 9.09. The van der Waals surface area contributed by atoms with Gasteiger partial charge < -0.3 is 9.64 Å². The largest absolute Gasteiger partial charge is 0.378 e. The number of hydrogen-bond donors (Lipinski definition) is 0. The molecule has 0 aromatic carbocycles. The number of nitrogens with zero attached hydrogens (tertiary/aromatic N) is 1. The average molecular weight is 278 g/mol. The van der Waals surface area contributed by atoms with E-state index in [4.69, 9.17) is 4.74 Å². The summed E-state index contributed by atoms with van der Waals surface area (Å²) >= 11 is 3.39. The maximum absolute atomic E-state index is 12.2. The van der Waals surface area contributed by atoms with E-state index in [0.29, 0.717) is 0 Å². The summed E-state index contributed by atoms with van der Waals surface area (Å²) in [4.78, 5) is 14.1. The molecule has 15 heavy (non-hydrogen) atoms. The molecule has 0 N–H and O–H groups in total. The monoisotopic (exact) mass is 277 g/mol. The van der Waals surface area contributed by atoms with Crippen LogP contribution < -0.4 is 0 Å². The Morgan fingerprint density at radius 3 is 2.67 bits per heavy atom. The first-order valence-corrected chi connectivity index (χ1v) is 6.68. The van der Waals surface area contributed by atoms with Crippen molar-refractivity contribution in [2.45, 2.75) is 39.3 Å². The Balaban J connectivity index is 2.62. The van der Waals surface area contributed by atoms with E-state index < -0.39 is 0 Å². The van der Waals surface area contributed by atoms with Gasteiger partial charge in [0.2, 0.25) is 5.91 Å². The molecule has 0 spiro atoms. The number of halogens is 1. The highest BCUT2D eigenvalue weighted by atomic mass is 79.9. The van der Waals surface area contributed by atoms with E-state index in [9.17, 15) is 4.79 Å². The Morgan fingerprint density at radius 1 is 1.60 bits per heavy atom. The number of alkyl halides is 1. The maximum Gasteiger partial charge on any atom is 0.228 e. The molecule has 0 aromatic heterocycles. The fourth-order valence-corrected chi connectivity index (χ4v) is 2.37. The van der Waals surface area contributed by atoms with Crippen LogP contribution in [-0.4, -0.2) is 41.4 Å². The molecular weight excluding hydrogens is 258 g/mol. The van der Waals surface area contributed by atoms with Crippen LogP contribution in [0.3, 0.4) is 0 Å². The van der Waals surface area contributed by atoms with E-state index in [-0.39, 0.29) is 24.0 Å². The van der Waals surface area contributed by atoms with Gasteiger partial charge in [-0.05, 0) is 27.2 Å². The topological polar surface area (TPSA) is 29.5 Å². The minimum atomic E-state index is 0.0615. The minimum absolute atomic E-state index is 0.0615. The number of carbonyl (C=O) groups excluding carboxylic acids is 1. The third-order valence-corrected chi connectivity index (χ3v) is 3.28. The van der Waals surface area contributed by atoms with Gasteiger partial charge in [-0.1, -0.05) is 15.9 Å². The number of amides is 1. The fraction of sp³-hybridized carbons (Fsp3) is 0.909. The second-order valence-corrected chi connectivity index (χ2v) is 5.08. The van der Waals surface area contributed by atoms with Crippen LogP contribution in [0.15, 0.2) is 0 Å². The third-order valence-electron chi connectivity index (χ3n) is 2.93. The lowest BCUT2D eigenvalue weighted by atomic mass is 10.0. The predicted molar refractivity (Wildman–Crippen MR) is 64.2 cm³/mol. The number of rotatable bonds is 4. The summed E-state index contributed by atoms with van der Waals surface area (Å²) in [5.74, 6) is 0.306. The lowest BCUT2D eigenvalue weighted by Crippen LogP contribution is -2.43. The van der Waals surface area contributed by atoms with E-state index in [2.05, 4.69) is 29.8 Å². The molecule has 1 aliphatic heterocycles. The minimum Gasteiger partial charge on any atom is -0.378 e. The molecule has 1 aliphatic rings. The average Bonchev–Trinajstić information content (AvgIpc) is 2.59. The van der Waals surface area contributed by atoms with E-state index in [1.165, 1.54) is 0 Å². The zero-order chi connectivity index (χ0) is 11.4. The molecular formula is C11H20BrNO2. The van der Waals surface area contributed by atoms with Crippen LogP contribution in [0.1, 0.15) is 27.2 Å². The van der Waals surface area contributed by atoms with Crippen LogP contribution in [0.25, 0.3) is 0 Å². The summed E-state index contributed by atoms with van der Waals surface area (Å²) < 4.78 is 5.44. The summed E-state index contributed by atoms with van der Waals surface area (Å²) in [7, 11) is 0. The standard InChI is InChI=1S/C11H20BrNO2/c1-8(2)13(6-5-12)11(14)10-4-7-15-9(10)3/h8-10H,4-7H2,1-3H3. The molecule has 2 unspecified atom stereocenters. The first kappa shape index (κ1) is 13.0. The van der Waals surface area contributed by atoms with Gasteiger partial charge in [-0.25, -0.2) is 0 Å². The van der Waals surface area contributed by atoms with Crippen molar-refractivity contribution in [1.29, 1.82) is 0 Å². The SMILES string of the molecule is CC1OCCC1C(=O)N(CCBr)C(C)C. The lowest BCUT2D eigenvalue weighted by Gasteiger charge is -2.29. The summed E-state index contributed by atoms with van der Waals surface area (Å²) in [5, 5.41) is 0.832. The maximum atomic E-state index is 12.2. The highest BCUT2D eigenvalue weighted by Gasteiger charge is 2.34. The van der Waals surface area contributed by atoms with Crippen LogP contribution >= 0.6 is 15.9 Å². The zero-order valence-corrected chi connectivity index (χ0v) is 11.3. The third kappa shape index (κ3) is 3.18. The molecule has 3 nitrogen and oxygen atoms in total. The second-order valence-electron chi connectivity index (χ2n) is 4.29. The molecule has 4 heteroatoms. The molecule has 0 bridgehead atoms. The van der Waals surface area contributed by atoms with Crippen molar-refractivity contribution < 1.29 is 9.53 Å². The van der Waals surface area contributed by atoms with Gasteiger partial charge in [0.15, 0.2) is 0 Å². The van der Waals surface area contributed by atoms with Gasteiger partial charge in [-0.3, -0.25) is 4.79 Å². The van der Waals surface area contributed by atoms with E-state index >= 15 is 0 Å². The highest BCUT2D eigenvalue weighted by Crippen LogP contribution is 2.23. The zero-order valence-electron chi connectivity index (χ0n) is 9.70. The van der Waals surface area contributed by atoms with Crippen molar-refractivity contribution >= 4 is 21.8 Å².